The zero-order chi connectivity index (χ0) is 15.5. The van der Waals surface area contributed by atoms with Crippen molar-refractivity contribution in [3.8, 4) is 0 Å². The van der Waals surface area contributed by atoms with Crippen molar-refractivity contribution < 1.29 is 8.42 Å². The average Bonchev–Trinajstić information content (AvgIpc) is 2.44. The van der Waals surface area contributed by atoms with Gasteiger partial charge in [-0.05, 0) is 24.1 Å². The van der Waals surface area contributed by atoms with Gasteiger partial charge in [-0.1, -0.05) is 28.1 Å². The minimum atomic E-state index is -3.04. The van der Waals surface area contributed by atoms with Crippen LogP contribution in [0.3, 0.4) is 0 Å². The van der Waals surface area contributed by atoms with E-state index < -0.39 is 9.84 Å². The highest BCUT2D eigenvalue weighted by Crippen LogP contribution is 2.23. The number of halogens is 1. The van der Waals surface area contributed by atoms with Crippen LogP contribution in [-0.2, 0) is 9.84 Å². The molecule has 1 aliphatic heterocycles. The summed E-state index contributed by atoms with van der Waals surface area (Å²) in [5.74, 6) is 1.64. The molecule has 0 bridgehead atoms. The molecule has 4 nitrogen and oxygen atoms in total. The van der Waals surface area contributed by atoms with Crippen LogP contribution in [-0.4, -0.2) is 49.5 Å². The summed E-state index contributed by atoms with van der Waals surface area (Å²) >= 11 is 5.15. The van der Waals surface area contributed by atoms with Crippen LogP contribution < -0.4 is 5.73 Å². The molecule has 2 rings (SSSR count). The van der Waals surface area contributed by atoms with Crippen molar-refractivity contribution in [2.45, 2.75) is 17.8 Å². The molecule has 1 fully saturated rings. The van der Waals surface area contributed by atoms with Crippen LogP contribution in [0.4, 0.5) is 0 Å². The molecular formula is C14H21BrN2O2S2. The number of sulfone groups is 1. The molecule has 0 aromatic heterocycles. The Balaban J connectivity index is 1.97. The van der Waals surface area contributed by atoms with Crippen molar-refractivity contribution in [1.29, 1.82) is 0 Å². The largest absolute Gasteiger partial charge is 0.324 e. The van der Waals surface area contributed by atoms with Gasteiger partial charge in [-0.25, -0.2) is 8.42 Å². The van der Waals surface area contributed by atoms with E-state index in [9.17, 15) is 8.42 Å². The van der Waals surface area contributed by atoms with Gasteiger partial charge in [0, 0.05) is 41.4 Å². The summed E-state index contributed by atoms with van der Waals surface area (Å²) in [6.07, 6.45) is 2.08. The van der Waals surface area contributed by atoms with Gasteiger partial charge < -0.3 is 5.73 Å². The van der Waals surface area contributed by atoms with Crippen molar-refractivity contribution in [1.82, 2.24) is 4.90 Å². The minimum absolute atomic E-state index is 0.0720. The number of hydrogen-bond acceptors (Lipinski definition) is 5. The Morgan fingerprint density at radius 1 is 1.52 bits per heavy atom. The second-order valence-electron chi connectivity index (χ2n) is 5.35. The van der Waals surface area contributed by atoms with E-state index in [0.29, 0.717) is 12.3 Å². The number of benzene rings is 1. The normalized spacial score (nSPS) is 22.1. The average molecular weight is 393 g/mol. The number of rotatable bonds is 5. The highest BCUT2D eigenvalue weighted by atomic mass is 79.9. The highest BCUT2D eigenvalue weighted by Gasteiger charge is 2.30. The van der Waals surface area contributed by atoms with Gasteiger partial charge in [0.05, 0.1) is 0 Å². The molecule has 2 N–H and O–H groups in total. The minimum Gasteiger partial charge on any atom is -0.324 e. The maximum atomic E-state index is 11.9. The lowest BCUT2D eigenvalue weighted by Gasteiger charge is -2.34. The first-order valence-corrected chi connectivity index (χ1v) is 10.8. The van der Waals surface area contributed by atoms with E-state index in [1.165, 1.54) is 6.26 Å². The zero-order valence-corrected chi connectivity index (χ0v) is 15.3. The summed E-state index contributed by atoms with van der Waals surface area (Å²) in [7, 11) is -3.04. The number of thioether (sulfide) groups is 1. The third-order valence-electron chi connectivity index (χ3n) is 3.69. The standard InChI is InChI=1S/C14H21BrN2O2S2/c1-21(18,19)14-10-20-8-7-17(14)6-5-13(16)11-3-2-4-12(15)9-11/h2-4,9,13-14H,5-8,10,16H2,1H3. The lowest BCUT2D eigenvalue weighted by molar-refractivity contribution is 0.260. The van der Waals surface area contributed by atoms with E-state index in [2.05, 4.69) is 20.8 Å². The molecular weight excluding hydrogens is 372 g/mol. The maximum absolute atomic E-state index is 11.9. The van der Waals surface area contributed by atoms with Crippen LogP contribution >= 0.6 is 27.7 Å². The quantitative estimate of drug-likeness (QED) is 0.832. The monoisotopic (exact) mass is 392 g/mol. The Kier molecular flexibility index (Phi) is 6.14. The van der Waals surface area contributed by atoms with Crippen LogP contribution in [0.25, 0.3) is 0 Å². The van der Waals surface area contributed by atoms with Gasteiger partial charge in [-0.2, -0.15) is 11.8 Å². The molecule has 1 saturated heterocycles. The fourth-order valence-corrected chi connectivity index (χ4v) is 5.86. The molecule has 118 valence electrons. The van der Waals surface area contributed by atoms with Crippen molar-refractivity contribution in [3.05, 3.63) is 34.3 Å². The van der Waals surface area contributed by atoms with Crippen molar-refractivity contribution in [2.24, 2.45) is 5.73 Å². The second-order valence-corrected chi connectivity index (χ2v) is 9.61. The van der Waals surface area contributed by atoms with E-state index in [1.54, 1.807) is 11.8 Å². The summed E-state index contributed by atoms with van der Waals surface area (Å²) in [5.41, 5.74) is 7.31. The van der Waals surface area contributed by atoms with E-state index in [4.69, 9.17) is 5.73 Å². The van der Waals surface area contributed by atoms with Crippen molar-refractivity contribution >= 4 is 37.5 Å². The van der Waals surface area contributed by atoms with Gasteiger partial charge >= 0.3 is 0 Å². The molecule has 2 unspecified atom stereocenters. The van der Waals surface area contributed by atoms with E-state index >= 15 is 0 Å². The van der Waals surface area contributed by atoms with Crippen LogP contribution in [0.15, 0.2) is 28.7 Å². The SMILES string of the molecule is CS(=O)(=O)C1CSCCN1CCC(N)c1cccc(Br)c1. The third kappa shape index (κ3) is 4.96. The third-order valence-corrected chi connectivity index (χ3v) is 6.87. The first kappa shape index (κ1) is 17.3. The van der Waals surface area contributed by atoms with E-state index in [-0.39, 0.29) is 11.4 Å². The van der Waals surface area contributed by atoms with Crippen LogP contribution in [0.5, 0.6) is 0 Å². The molecule has 21 heavy (non-hydrogen) atoms. The number of nitrogens with zero attached hydrogens (tertiary/aromatic N) is 1. The smallest absolute Gasteiger partial charge is 0.164 e. The topological polar surface area (TPSA) is 63.4 Å². The molecule has 1 heterocycles. The van der Waals surface area contributed by atoms with Gasteiger partial charge in [0.15, 0.2) is 9.84 Å². The molecule has 1 aliphatic rings. The van der Waals surface area contributed by atoms with Crippen LogP contribution in [0, 0.1) is 0 Å². The zero-order valence-electron chi connectivity index (χ0n) is 12.0. The molecule has 0 spiro atoms. The Bertz CT molecular complexity index is 580. The van der Waals surface area contributed by atoms with Gasteiger partial charge in [-0.15, -0.1) is 0 Å². The second kappa shape index (κ2) is 7.46. The maximum Gasteiger partial charge on any atom is 0.164 e. The van der Waals surface area contributed by atoms with Crippen molar-refractivity contribution in [3.63, 3.8) is 0 Å². The predicted octanol–water partition coefficient (Wildman–Crippen LogP) is 2.26. The summed E-state index contributed by atoms with van der Waals surface area (Å²) in [5, 5.41) is -0.369. The molecule has 0 radical (unpaired) electrons. The predicted molar refractivity (Wildman–Crippen MR) is 93.2 cm³/mol. The summed E-state index contributed by atoms with van der Waals surface area (Å²) < 4.78 is 24.7. The van der Waals surface area contributed by atoms with Crippen LogP contribution in [0.1, 0.15) is 18.0 Å². The molecule has 0 amide bonds. The van der Waals surface area contributed by atoms with Crippen LogP contribution in [0.2, 0.25) is 0 Å². The molecule has 2 atom stereocenters. The Morgan fingerprint density at radius 2 is 2.29 bits per heavy atom. The van der Waals surface area contributed by atoms with Gasteiger partial charge in [0.2, 0.25) is 0 Å². The first-order chi connectivity index (χ1) is 9.88. The summed E-state index contributed by atoms with van der Waals surface area (Å²) in [4.78, 5) is 2.06. The number of hydrogen-bond donors (Lipinski definition) is 1. The van der Waals surface area contributed by atoms with E-state index in [0.717, 1.165) is 28.8 Å². The fourth-order valence-electron chi connectivity index (χ4n) is 2.47. The highest BCUT2D eigenvalue weighted by molar-refractivity contribution is 9.10. The Labute approximate surface area is 139 Å². The first-order valence-electron chi connectivity index (χ1n) is 6.89. The molecule has 0 aliphatic carbocycles. The molecule has 0 saturated carbocycles. The lowest BCUT2D eigenvalue weighted by Crippen LogP contribution is -2.47. The van der Waals surface area contributed by atoms with Gasteiger partial charge in [0.25, 0.3) is 0 Å². The number of nitrogens with two attached hydrogens (primary N) is 1. The summed E-state index contributed by atoms with van der Waals surface area (Å²) in [6.45, 7) is 1.53. The Morgan fingerprint density at radius 3 is 2.95 bits per heavy atom. The Hall–Kier alpha value is -0.0800. The van der Waals surface area contributed by atoms with Gasteiger partial charge in [0.1, 0.15) is 5.37 Å². The van der Waals surface area contributed by atoms with Crippen molar-refractivity contribution in [2.75, 3.05) is 30.9 Å². The summed E-state index contributed by atoms with van der Waals surface area (Å²) in [6, 6.07) is 7.89. The van der Waals surface area contributed by atoms with E-state index in [1.807, 2.05) is 24.3 Å². The fraction of sp³-hybridized carbons (Fsp3) is 0.571. The molecule has 1 aromatic carbocycles. The molecule has 7 heteroatoms. The molecule has 1 aromatic rings. The van der Waals surface area contributed by atoms with Gasteiger partial charge in [-0.3, -0.25) is 4.90 Å². The lowest BCUT2D eigenvalue weighted by atomic mass is 10.0.